The highest BCUT2D eigenvalue weighted by Gasteiger charge is 2.19. The molecule has 0 saturated carbocycles. The highest BCUT2D eigenvalue weighted by molar-refractivity contribution is 9.10. The standard InChI is InChI=1S/C32H21BrN4.C12H12N2.C8H5BrO2/c33-24-20-22(31-34-27-15-7-9-17-29(27)36(31)25-11-3-1-4-12-25)19-23(21-24)32-35-28-16-8-10-18-30(28)37(32)26-13-5-2-6-14-26;13-11-8-4-5-9-12(11)14-10-6-2-1-3-7-10;9-8-2-6(4-10)1-7(3-8)5-11/h1-21H;1-9,14H,13H2;1-5H. The summed E-state index contributed by atoms with van der Waals surface area (Å²) in [7, 11) is 0. The molecule has 0 fully saturated rings. The Morgan fingerprint density at radius 1 is 0.468 bits per heavy atom. The van der Waals surface area contributed by atoms with Crippen LogP contribution in [0.2, 0.25) is 0 Å². The number of aldehydes is 2. The summed E-state index contributed by atoms with van der Waals surface area (Å²) in [6.07, 6.45) is 1.41. The Bertz CT molecular complexity index is 2970. The maximum absolute atomic E-state index is 10.3. The van der Waals surface area contributed by atoms with Crippen LogP contribution in [0.1, 0.15) is 20.7 Å². The number of nitrogens with two attached hydrogens (primary N) is 1. The molecule has 0 aliphatic rings. The Balaban J connectivity index is 0.000000172. The second kappa shape index (κ2) is 19.3. The molecule has 2 aromatic heterocycles. The van der Waals surface area contributed by atoms with Crippen LogP contribution in [0.4, 0.5) is 17.1 Å². The molecule has 8 aromatic carbocycles. The van der Waals surface area contributed by atoms with Gasteiger partial charge < -0.3 is 11.1 Å². The van der Waals surface area contributed by atoms with E-state index in [1.165, 1.54) is 6.07 Å². The Labute approximate surface area is 375 Å². The molecule has 0 radical (unpaired) electrons. The molecule has 0 atom stereocenters. The SMILES string of the molecule is Brc1cc(-c2nc3ccccc3n2-c2ccccc2)cc(-c2nc3ccccc3n2-c2ccccc2)c1.Nc1ccccc1Nc1ccccc1.O=Cc1cc(Br)cc(C=O)c1. The van der Waals surface area contributed by atoms with Crippen LogP contribution in [-0.4, -0.2) is 31.7 Å². The summed E-state index contributed by atoms with van der Waals surface area (Å²) in [6.45, 7) is 0. The van der Waals surface area contributed by atoms with Crippen molar-refractivity contribution in [3.63, 3.8) is 0 Å². The quantitative estimate of drug-likeness (QED) is 0.116. The van der Waals surface area contributed by atoms with Crippen LogP contribution >= 0.6 is 31.9 Å². The minimum absolute atomic E-state index is 0.501. The lowest BCUT2D eigenvalue weighted by Gasteiger charge is -2.13. The molecule has 0 bridgehead atoms. The van der Waals surface area contributed by atoms with Gasteiger partial charge in [0.1, 0.15) is 24.2 Å². The van der Waals surface area contributed by atoms with E-state index >= 15 is 0 Å². The lowest BCUT2D eigenvalue weighted by molar-refractivity contribution is 0.112. The Kier molecular flexibility index (Phi) is 12.9. The number of fused-ring (bicyclic) bond motifs is 2. The zero-order valence-corrected chi connectivity index (χ0v) is 36.3. The fraction of sp³-hybridized carbons (Fsp3) is 0. The summed E-state index contributed by atoms with van der Waals surface area (Å²) < 4.78 is 6.16. The number of anilines is 3. The summed E-state index contributed by atoms with van der Waals surface area (Å²) in [5, 5.41) is 3.25. The number of carbonyl (C=O) groups is 2. The van der Waals surface area contributed by atoms with E-state index in [9.17, 15) is 9.59 Å². The molecule has 10 rings (SSSR count). The third-order valence-electron chi connectivity index (χ3n) is 9.79. The lowest BCUT2D eigenvalue weighted by atomic mass is 10.1. The summed E-state index contributed by atoms with van der Waals surface area (Å²) in [6, 6.07) is 66.3. The van der Waals surface area contributed by atoms with Crippen LogP contribution in [-0.2, 0) is 0 Å². The van der Waals surface area contributed by atoms with Crippen LogP contribution in [0.15, 0.2) is 209 Å². The topological polar surface area (TPSA) is 108 Å². The first-order valence-electron chi connectivity index (χ1n) is 19.6. The van der Waals surface area contributed by atoms with Crippen LogP contribution < -0.4 is 11.1 Å². The van der Waals surface area contributed by atoms with Gasteiger partial charge in [0.2, 0.25) is 0 Å². The zero-order chi connectivity index (χ0) is 42.8. The number of hydrogen-bond acceptors (Lipinski definition) is 6. The smallest absolute Gasteiger partial charge is 0.150 e. The highest BCUT2D eigenvalue weighted by Crippen LogP contribution is 2.36. The van der Waals surface area contributed by atoms with Crippen molar-refractivity contribution in [1.29, 1.82) is 0 Å². The number of imidazole rings is 2. The van der Waals surface area contributed by atoms with Gasteiger partial charge in [-0.05, 0) is 109 Å². The van der Waals surface area contributed by atoms with Crippen LogP contribution in [0, 0.1) is 0 Å². The average molecular weight is 939 g/mol. The fourth-order valence-corrected chi connectivity index (χ4v) is 8.05. The molecular weight excluding hydrogens is 900 g/mol. The van der Waals surface area contributed by atoms with Gasteiger partial charge in [0.05, 0.1) is 33.4 Å². The highest BCUT2D eigenvalue weighted by atomic mass is 79.9. The molecule has 0 spiro atoms. The molecule has 302 valence electrons. The van der Waals surface area contributed by atoms with Crippen LogP contribution in [0.5, 0.6) is 0 Å². The molecule has 0 aliphatic heterocycles. The number of benzene rings is 8. The monoisotopic (exact) mass is 936 g/mol. The largest absolute Gasteiger partial charge is 0.397 e. The van der Waals surface area contributed by atoms with Gasteiger partial charge in [-0.3, -0.25) is 18.7 Å². The molecule has 8 nitrogen and oxygen atoms in total. The molecule has 62 heavy (non-hydrogen) atoms. The molecule has 10 aromatic rings. The molecule has 2 heterocycles. The van der Waals surface area contributed by atoms with Crippen LogP contribution in [0.25, 0.3) is 56.2 Å². The first-order chi connectivity index (χ1) is 30.4. The summed E-state index contributed by atoms with van der Waals surface area (Å²) in [4.78, 5) is 30.7. The number of halogens is 2. The number of hydrogen-bond donors (Lipinski definition) is 2. The number of nitrogen functional groups attached to an aromatic ring is 1. The van der Waals surface area contributed by atoms with Crippen molar-refractivity contribution in [2.24, 2.45) is 0 Å². The lowest BCUT2D eigenvalue weighted by Crippen LogP contribution is -1.99. The normalized spacial score (nSPS) is 10.6. The Hall–Kier alpha value is -7.40. The molecule has 3 N–H and O–H groups in total. The molecule has 0 amide bonds. The first-order valence-corrected chi connectivity index (χ1v) is 21.2. The first kappa shape index (κ1) is 41.3. The molecular formula is C52H38Br2N6O2. The molecule has 0 saturated heterocycles. The summed E-state index contributed by atoms with van der Waals surface area (Å²) in [5.41, 5.74) is 17.8. The number of para-hydroxylation sites is 9. The Morgan fingerprint density at radius 3 is 1.37 bits per heavy atom. The van der Waals surface area contributed by atoms with Gasteiger partial charge in [-0.2, -0.15) is 0 Å². The number of carbonyl (C=O) groups excluding carboxylic acids is 2. The van der Waals surface area contributed by atoms with Crippen molar-refractivity contribution >= 4 is 83.6 Å². The van der Waals surface area contributed by atoms with Crippen molar-refractivity contribution in [2.75, 3.05) is 11.1 Å². The van der Waals surface area contributed by atoms with Gasteiger partial charge in [-0.25, -0.2) is 9.97 Å². The van der Waals surface area contributed by atoms with E-state index in [0.717, 1.165) is 82.2 Å². The molecule has 0 aliphatic carbocycles. The maximum Gasteiger partial charge on any atom is 0.150 e. The zero-order valence-electron chi connectivity index (χ0n) is 33.1. The predicted octanol–water partition coefficient (Wildman–Crippen LogP) is 13.5. The summed E-state index contributed by atoms with van der Waals surface area (Å²) in [5.74, 6) is 1.77. The van der Waals surface area contributed by atoms with Crippen molar-refractivity contribution in [3.05, 3.63) is 220 Å². The average Bonchev–Trinajstić information content (AvgIpc) is 3.91. The number of rotatable bonds is 8. The minimum atomic E-state index is 0.501. The van der Waals surface area contributed by atoms with Crippen molar-refractivity contribution < 1.29 is 9.59 Å². The second-order valence-electron chi connectivity index (χ2n) is 14.1. The Morgan fingerprint density at radius 2 is 0.887 bits per heavy atom. The van der Waals surface area contributed by atoms with Crippen molar-refractivity contribution in [3.8, 4) is 34.2 Å². The molecule has 0 unspecified atom stereocenters. The molecule has 10 heteroatoms. The second-order valence-corrected chi connectivity index (χ2v) is 15.9. The predicted molar refractivity (Wildman–Crippen MR) is 260 cm³/mol. The van der Waals surface area contributed by atoms with E-state index in [4.69, 9.17) is 15.7 Å². The van der Waals surface area contributed by atoms with E-state index < -0.39 is 0 Å². The third-order valence-corrected chi connectivity index (χ3v) is 10.7. The van der Waals surface area contributed by atoms with E-state index in [0.29, 0.717) is 23.7 Å². The van der Waals surface area contributed by atoms with Gasteiger partial charge >= 0.3 is 0 Å². The van der Waals surface area contributed by atoms with Gasteiger partial charge in [0, 0.05) is 48.3 Å². The van der Waals surface area contributed by atoms with Crippen LogP contribution in [0.3, 0.4) is 0 Å². The van der Waals surface area contributed by atoms with Crippen molar-refractivity contribution in [2.45, 2.75) is 0 Å². The van der Waals surface area contributed by atoms with E-state index in [2.05, 4.69) is 149 Å². The van der Waals surface area contributed by atoms with Gasteiger partial charge in [-0.15, -0.1) is 0 Å². The van der Waals surface area contributed by atoms with Crippen molar-refractivity contribution in [1.82, 2.24) is 19.1 Å². The number of aromatic nitrogens is 4. The van der Waals surface area contributed by atoms with E-state index in [1.54, 1.807) is 12.1 Å². The fourth-order valence-electron chi connectivity index (χ4n) is 7.02. The number of nitrogens with zero attached hydrogens (tertiary/aromatic N) is 4. The van der Waals surface area contributed by atoms with Gasteiger partial charge in [-0.1, -0.05) is 123 Å². The summed E-state index contributed by atoms with van der Waals surface area (Å²) >= 11 is 6.96. The van der Waals surface area contributed by atoms with E-state index in [1.807, 2.05) is 78.9 Å². The number of nitrogens with one attached hydrogen (secondary N) is 1. The van der Waals surface area contributed by atoms with E-state index in [-0.39, 0.29) is 0 Å². The maximum atomic E-state index is 10.3. The van der Waals surface area contributed by atoms with Gasteiger partial charge in [0.25, 0.3) is 0 Å². The van der Waals surface area contributed by atoms with Gasteiger partial charge in [0.15, 0.2) is 0 Å². The third kappa shape index (κ3) is 9.47. The minimum Gasteiger partial charge on any atom is -0.397 e.